The van der Waals surface area contributed by atoms with Gasteiger partial charge >= 0.3 is 0 Å². The van der Waals surface area contributed by atoms with Crippen molar-refractivity contribution in [1.82, 2.24) is 4.90 Å². The Morgan fingerprint density at radius 1 is 1.50 bits per heavy atom. The third-order valence-electron chi connectivity index (χ3n) is 2.62. The molecule has 1 rings (SSSR count). The Bertz CT molecular complexity index is 477. The summed E-state index contributed by atoms with van der Waals surface area (Å²) in [6.45, 7) is 3.79. The van der Waals surface area contributed by atoms with E-state index >= 15 is 0 Å². The molecule has 0 radical (unpaired) electrons. The van der Waals surface area contributed by atoms with E-state index in [1.807, 2.05) is 13.8 Å². The Balaban J connectivity index is 2.83. The fourth-order valence-electron chi connectivity index (χ4n) is 1.27. The topological polar surface area (TPSA) is 63.4 Å². The Morgan fingerprint density at radius 2 is 2.11 bits per heavy atom. The first-order valence-corrected chi connectivity index (χ1v) is 7.21. The number of nitrogens with zero attached hydrogens (tertiary/aromatic N) is 1. The van der Waals surface area contributed by atoms with Gasteiger partial charge in [-0.1, -0.05) is 11.6 Å². The summed E-state index contributed by atoms with van der Waals surface area (Å²) in [5.74, 6) is -0.264. The second-order valence-corrected chi connectivity index (χ2v) is 6.10. The highest BCUT2D eigenvalue weighted by Crippen LogP contribution is 2.22. The molecule has 0 aliphatic rings. The quantitative estimate of drug-likeness (QED) is 0.861. The van der Waals surface area contributed by atoms with E-state index in [0.29, 0.717) is 15.6 Å². The minimum Gasteiger partial charge on any atom is -0.399 e. The first-order valence-electron chi connectivity index (χ1n) is 5.52. The van der Waals surface area contributed by atoms with Crippen molar-refractivity contribution in [2.45, 2.75) is 24.8 Å². The molecule has 4 nitrogen and oxygen atoms in total. The third-order valence-corrected chi connectivity index (χ3v) is 4.40. The zero-order valence-corrected chi connectivity index (χ0v) is 12.2. The molecule has 0 saturated carbocycles. The lowest BCUT2D eigenvalue weighted by Crippen LogP contribution is -2.36. The van der Waals surface area contributed by atoms with Crippen molar-refractivity contribution in [3.8, 4) is 0 Å². The van der Waals surface area contributed by atoms with Crippen molar-refractivity contribution in [2.24, 2.45) is 0 Å². The van der Waals surface area contributed by atoms with Crippen LogP contribution in [0.1, 0.15) is 13.8 Å². The highest BCUT2D eigenvalue weighted by Gasteiger charge is 2.18. The molecule has 6 heteroatoms. The van der Waals surface area contributed by atoms with E-state index in [9.17, 15) is 9.00 Å². The average Bonchev–Trinajstić information content (AvgIpc) is 2.30. The SMILES string of the molecule is CC(C)N(C)C(=O)CS(=O)c1cc(N)ccc1Cl. The third kappa shape index (κ3) is 3.71. The van der Waals surface area contributed by atoms with Gasteiger partial charge in [-0.3, -0.25) is 9.00 Å². The van der Waals surface area contributed by atoms with E-state index in [4.69, 9.17) is 17.3 Å². The van der Waals surface area contributed by atoms with E-state index in [1.54, 1.807) is 30.1 Å². The number of nitrogen functional groups attached to an aromatic ring is 1. The number of anilines is 1. The van der Waals surface area contributed by atoms with Gasteiger partial charge < -0.3 is 10.6 Å². The van der Waals surface area contributed by atoms with E-state index in [2.05, 4.69) is 0 Å². The van der Waals surface area contributed by atoms with Gasteiger partial charge in [0.15, 0.2) is 0 Å². The molecule has 0 saturated heterocycles. The molecular weight excluding hydrogens is 272 g/mol. The molecule has 0 aliphatic carbocycles. The zero-order chi connectivity index (χ0) is 13.9. The monoisotopic (exact) mass is 288 g/mol. The van der Waals surface area contributed by atoms with Crippen LogP contribution in [-0.4, -0.2) is 33.9 Å². The summed E-state index contributed by atoms with van der Waals surface area (Å²) in [6.07, 6.45) is 0. The second-order valence-electron chi connectivity index (χ2n) is 4.28. The Morgan fingerprint density at radius 3 is 2.67 bits per heavy atom. The van der Waals surface area contributed by atoms with Crippen LogP contribution in [0.15, 0.2) is 23.1 Å². The van der Waals surface area contributed by atoms with Gasteiger partial charge in [0.25, 0.3) is 0 Å². The summed E-state index contributed by atoms with van der Waals surface area (Å²) < 4.78 is 12.1. The molecule has 1 amide bonds. The van der Waals surface area contributed by atoms with Crippen molar-refractivity contribution in [3.63, 3.8) is 0 Å². The predicted molar refractivity (Wildman–Crippen MR) is 75.0 cm³/mol. The van der Waals surface area contributed by atoms with Gasteiger partial charge in [-0.25, -0.2) is 0 Å². The molecule has 100 valence electrons. The summed E-state index contributed by atoms with van der Waals surface area (Å²) in [5, 5.41) is 0.363. The maximum Gasteiger partial charge on any atom is 0.235 e. The molecule has 18 heavy (non-hydrogen) atoms. The highest BCUT2D eigenvalue weighted by atomic mass is 35.5. The first kappa shape index (κ1) is 15.0. The minimum absolute atomic E-state index is 0.0748. The van der Waals surface area contributed by atoms with Crippen LogP contribution in [0.3, 0.4) is 0 Å². The number of halogens is 1. The lowest BCUT2D eigenvalue weighted by molar-refractivity contribution is -0.128. The van der Waals surface area contributed by atoms with Gasteiger partial charge in [0.2, 0.25) is 5.91 Å². The van der Waals surface area contributed by atoms with Crippen LogP contribution < -0.4 is 5.73 Å². The van der Waals surface area contributed by atoms with Crippen molar-refractivity contribution in [3.05, 3.63) is 23.2 Å². The van der Waals surface area contributed by atoms with Crippen LogP contribution in [0.5, 0.6) is 0 Å². The molecule has 1 unspecified atom stereocenters. The molecule has 0 spiro atoms. The molecule has 0 aromatic heterocycles. The Labute approximate surface area is 115 Å². The van der Waals surface area contributed by atoms with Crippen molar-refractivity contribution in [2.75, 3.05) is 18.5 Å². The molecule has 2 N–H and O–H groups in total. The fraction of sp³-hybridized carbons (Fsp3) is 0.417. The van der Waals surface area contributed by atoms with Crippen LogP contribution in [0, 0.1) is 0 Å². The van der Waals surface area contributed by atoms with Gasteiger partial charge in [-0.15, -0.1) is 0 Å². The van der Waals surface area contributed by atoms with E-state index < -0.39 is 10.8 Å². The summed E-state index contributed by atoms with van der Waals surface area (Å²) in [6, 6.07) is 4.83. The van der Waals surface area contributed by atoms with Crippen molar-refractivity contribution in [1.29, 1.82) is 0 Å². The van der Waals surface area contributed by atoms with E-state index in [1.165, 1.54) is 0 Å². The molecule has 0 bridgehead atoms. The van der Waals surface area contributed by atoms with Gasteiger partial charge in [0.1, 0.15) is 5.75 Å². The van der Waals surface area contributed by atoms with E-state index in [0.717, 1.165) is 0 Å². The number of amides is 1. The lowest BCUT2D eigenvalue weighted by Gasteiger charge is -2.21. The Kier molecular flexibility index (Phi) is 5.16. The lowest BCUT2D eigenvalue weighted by atomic mass is 10.3. The molecule has 0 heterocycles. The highest BCUT2D eigenvalue weighted by molar-refractivity contribution is 7.85. The zero-order valence-electron chi connectivity index (χ0n) is 10.6. The molecule has 0 fully saturated rings. The summed E-state index contributed by atoms with van der Waals surface area (Å²) in [5.41, 5.74) is 6.09. The van der Waals surface area contributed by atoms with Gasteiger partial charge in [0.05, 0.1) is 20.7 Å². The number of nitrogens with two attached hydrogens (primary N) is 1. The van der Waals surface area contributed by atoms with E-state index in [-0.39, 0.29) is 17.7 Å². The molecule has 1 aromatic carbocycles. The Hall–Kier alpha value is -1.07. The fourth-order valence-corrected chi connectivity index (χ4v) is 2.79. The van der Waals surface area contributed by atoms with Gasteiger partial charge in [-0.2, -0.15) is 0 Å². The van der Waals surface area contributed by atoms with Crippen LogP contribution in [-0.2, 0) is 15.6 Å². The number of benzene rings is 1. The summed E-state index contributed by atoms with van der Waals surface area (Å²) >= 11 is 5.94. The summed E-state index contributed by atoms with van der Waals surface area (Å²) in [7, 11) is 0.210. The number of carbonyl (C=O) groups excluding carboxylic acids is 1. The minimum atomic E-state index is -1.48. The average molecular weight is 289 g/mol. The predicted octanol–water partition coefficient (Wildman–Crippen LogP) is 1.90. The number of hydrogen-bond acceptors (Lipinski definition) is 3. The largest absolute Gasteiger partial charge is 0.399 e. The van der Waals surface area contributed by atoms with Gasteiger partial charge in [-0.05, 0) is 32.0 Å². The van der Waals surface area contributed by atoms with Crippen LogP contribution in [0.2, 0.25) is 5.02 Å². The van der Waals surface area contributed by atoms with Crippen molar-refractivity contribution < 1.29 is 9.00 Å². The second kappa shape index (κ2) is 6.20. The smallest absolute Gasteiger partial charge is 0.235 e. The van der Waals surface area contributed by atoms with Crippen LogP contribution in [0.25, 0.3) is 0 Å². The number of hydrogen-bond donors (Lipinski definition) is 1. The van der Waals surface area contributed by atoms with Crippen LogP contribution >= 0.6 is 11.6 Å². The summed E-state index contributed by atoms with van der Waals surface area (Å²) in [4.78, 5) is 13.8. The molecule has 0 aliphatic heterocycles. The normalized spacial score (nSPS) is 12.5. The molecular formula is C12H17ClN2O2S. The standard InChI is InChI=1S/C12H17ClN2O2S/c1-8(2)15(3)12(16)7-18(17)11-6-9(14)4-5-10(11)13/h4-6,8H,7,14H2,1-3H3. The molecule has 1 atom stereocenters. The maximum absolute atomic E-state index is 12.1. The number of carbonyl (C=O) groups is 1. The van der Waals surface area contributed by atoms with Gasteiger partial charge in [0, 0.05) is 18.8 Å². The van der Waals surface area contributed by atoms with Crippen molar-refractivity contribution >= 4 is 34.0 Å². The van der Waals surface area contributed by atoms with Crippen LogP contribution in [0.4, 0.5) is 5.69 Å². The maximum atomic E-state index is 12.1. The first-order chi connectivity index (χ1) is 8.32. The molecule has 1 aromatic rings. The number of rotatable bonds is 4.